The number of benzene rings is 2. The summed E-state index contributed by atoms with van der Waals surface area (Å²) in [6, 6.07) is 8.98. The first-order chi connectivity index (χ1) is 13.9. The Morgan fingerprint density at radius 2 is 1.83 bits per heavy atom. The van der Waals surface area contributed by atoms with Gasteiger partial charge < -0.3 is 15.5 Å². The van der Waals surface area contributed by atoms with Crippen LogP contribution in [0.1, 0.15) is 16.8 Å². The average molecular weight is 456 g/mol. The van der Waals surface area contributed by atoms with Crippen molar-refractivity contribution in [3.63, 3.8) is 0 Å². The molecule has 5 nitrogen and oxygen atoms in total. The highest BCUT2D eigenvalue weighted by Gasteiger charge is 2.15. The molecule has 1 aliphatic heterocycles. The van der Waals surface area contributed by atoms with Crippen molar-refractivity contribution in [1.82, 2.24) is 5.32 Å². The molecular weight excluding hydrogens is 436 g/mol. The molecule has 1 heterocycles. The highest BCUT2D eigenvalue weighted by atomic mass is 35.5. The van der Waals surface area contributed by atoms with Crippen LogP contribution < -0.4 is 15.5 Å². The minimum absolute atomic E-state index is 0.0222. The Morgan fingerprint density at radius 3 is 2.52 bits per heavy atom. The van der Waals surface area contributed by atoms with Crippen molar-refractivity contribution in [1.29, 1.82) is 0 Å². The van der Waals surface area contributed by atoms with Crippen molar-refractivity contribution < 1.29 is 14.0 Å². The van der Waals surface area contributed by atoms with Gasteiger partial charge in [-0.1, -0.05) is 23.2 Å². The molecular formula is C20H20Cl2FN3O2S. The van der Waals surface area contributed by atoms with Crippen LogP contribution >= 0.6 is 35.0 Å². The third-order valence-corrected chi connectivity index (χ3v) is 5.95. The topological polar surface area (TPSA) is 61.4 Å². The minimum Gasteiger partial charge on any atom is -0.369 e. The first-order valence-corrected chi connectivity index (χ1v) is 11.0. The summed E-state index contributed by atoms with van der Waals surface area (Å²) in [4.78, 5) is 26.5. The van der Waals surface area contributed by atoms with E-state index in [0.717, 1.165) is 42.4 Å². The molecule has 1 aliphatic rings. The molecule has 2 aromatic carbocycles. The first kappa shape index (κ1) is 21.7. The molecule has 1 saturated heterocycles. The maximum atomic E-state index is 13.1. The molecule has 0 bridgehead atoms. The molecule has 3 rings (SSSR count). The van der Waals surface area contributed by atoms with Crippen molar-refractivity contribution in [2.45, 2.75) is 6.42 Å². The summed E-state index contributed by atoms with van der Waals surface area (Å²) in [7, 11) is 0. The van der Waals surface area contributed by atoms with E-state index in [4.69, 9.17) is 23.2 Å². The normalized spacial score (nSPS) is 13.8. The molecule has 9 heteroatoms. The van der Waals surface area contributed by atoms with Crippen molar-refractivity contribution in [3.8, 4) is 0 Å². The van der Waals surface area contributed by atoms with E-state index in [0.29, 0.717) is 10.7 Å². The average Bonchev–Trinajstić information content (AvgIpc) is 2.68. The van der Waals surface area contributed by atoms with E-state index in [2.05, 4.69) is 15.5 Å². The summed E-state index contributed by atoms with van der Waals surface area (Å²) in [5.74, 6) is 0.909. The van der Waals surface area contributed by atoms with Gasteiger partial charge in [0, 0.05) is 43.2 Å². The van der Waals surface area contributed by atoms with E-state index in [9.17, 15) is 14.0 Å². The number of thioether (sulfide) groups is 1. The molecule has 154 valence electrons. The Labute approximate surface area is 182 Å². The maximum absolute atomic E-state index is 13.1. The van der Waals surface area contributed by atoms with Gasteiger partial charge in [0.05, 0.1) is 21.3 Å². The molecule has 0 saturated carbocycles. The Morgan fingerprint density at radius 1 is 1.07 bits per heavy atom. The van der Waals surface area contributed by atoms with Gasteiger partial charge in [-0.25, -0.2) is 4.39 Å². The summed E-state index contributed by atoms with van der Waals surface area (Å²) in [5, 5.41) is 5.98. The third-order valence-electron chi connectivity index (χ3n) is 4.40. The quantitative estimate of drug-likeness (QED) is 0.675. The summed E-state index contributed by atoms with van der Waals surface area (Å²) < 4.78 is 13.1. The second-order valence-electron chi connectivity index (χ2n) is 6.44. The minimum atomic E-state index is -0.519. The number of rotatable bonds is 6. The Bertz CT molecular complexity index is 907. The summed E-state index contributed by atoms with van der Waals surface area (Å²) in [6.45, 7) is 2.03. The summed E-state index contributed by atoms with van der Waals surface area (Å²) in [5.41, 5.74) is 1.73. The third kappa shape index (κ3) is 6.01. The molecule has 0 aromatic heterocycles. The van der Waals surface area contributed by atoms with E-state index in [-0.39, 0.29) is 29.5 Å². The molecule has 0 radical (unpaired) electrons. The fourth-order valence-corrected chi connectivity index (χ4v) is 4.38. The fourth-order valence-electron chi connectivity index (χ4n) is 2.93. The van der Waals surface area contributed by atoms with E-state index < -0.39 is 11.7 Å². The number of anilines is 2. The lowest BCUT2D eigenvalue weighted by Crippen LogP contribution is -2.32. The van der Waals surface area contributed by atoms with Gasteiger partial charge in [-0.2, -0.15) is 11.8 Å². The number of carbonyl (C=O) groups is 2. The SMILES string of the molecule is O=C(CCNC(=O)c1ccc(F)cc1Cl)Nc1ccc(N2CCSCC2)c(Cl)c1. The zero-order valence-electron chi connectivity index (χ0n) is 15.5. The highest BCUT2D eigenvalue weighted by Crippen LogP contribution is 2.30. The Balaban J connectivity index is 1.49. The molecule has 1 fully saturated rings. The number of hydrogen-bond acceptors (Lipinski definition) is 4. The van der Waals surface area contributed by atoms with Gasteiger partial charge in [0.2, 0.25) is 5.91 Å². The van der Waals surface area contributed by atoms with Crippen molar-refractivity contribution >= 4 is 58.2 Å². The second-order valence-corrected chi connectivity index (χ2v) is 8.48. The number of amides is 2. The molecule has 0 atom stereocenters. The first-order valence-electron chi connectivity index (χ1n) is 9.09. The standard InChI is InChI=1S/C20H20Cl2FN3O2S/c21-16-11-13(23)1-3-15(16)20(28)24-6-5-19(27)25-14-2-4-18(17(22)12-14)26-7-9-29-10-8-26/h1-4,11-12H,5-10H2,(H,24,28)(H,25,27). The van der Waals surface area contributed by atoms with Gasteiger partial charge in [-0.05, 0) is 36.4 Å². The molecule has 2 aromatic rings. The zero-order chi connectivity index (χ0) is 20.8. The van der Waals surface area contributed by atoms with Crippen LogP contribution in [-0.2, 0) is 4.79 Å². The van der Waals surface area contributed by atoms with Crippen LogP contribution in [0.2, 0.25) is 10.0 Å². The summed E-state index contributed by atoms with van der Waals surface area (Å²) in [6.07, 6.45) is 0.0767. The monoisotopic (exact) mass is 455 g/mol. The van der Waals surface area contributed by atoms with Crippen LogP contribution in [0.25, 0.3) is 0 Å². The zero-order valence-corrected chi connectivity index (χ0v) is 17.8. The van der Waals surface area contributed by atoms with Gasteiger partial charge in [-0.3, -0.25) is 9.59 Å². The molecule has 2 amide bonds. The predicted molar refractivity (Wildman–Crippen MR) is 118 cm³/mol. The highest BCUT2D eigenvalue weighted by molar-refractivity contribution is 7.99. The van der Waals surface area contributed by atoms with Crippen LogP contribution in [0.4, 0.5) is 15.8 Å². The van der Waals surface area contributed by atoms with Crippen LogP contribution in [0.3, 0.4) is 0 Å². The second kappa shape index (κ2) is 10.2. The van der Waals surface area contributed by atoms with Crippen LogP contribution in [0.5, 0.6) is 0 Å². The lowest BCUT2D eigenvalue weighted by atomic mass is 10.2. The van der Waals surface area contributed by atoms with Gasteiger partial charge in [0.15, 0.2) is 0 Å². The maximum Gasteiger partial charge on any atom is 0.252 e. The molecule has 0 aliphatic carbocycles. The van der Waals surface area contributed by atoms with E-state index in [1.165, 1.54) is 6.07 Å². The Kier molecular flexibility index (Phi) is 7.64. The Hall–Kier alpha value is -1.96. The van der Waals surface area contributed by atoms with Crippen LogP contribution in [0.15, 0.2) is 36.4 Å². The molecule has 0 unspecified atom stereocenters. The number of halogens is 3. The van der Waals surface area contributed by atoms with Crippen molar-refractivity contribution in [2.24, 2.45) is 0 Å². The van der Waals surface area contributed by atoms with Crippen LogP contribution in [-0.4, -0.2) is 43.0 Å². The molecule has 2 N–H and O–H groups in total. The molecule has 29 heavy (non-hydrogen) atoms. The van der Waals surface area contributed by atoms with E-state index in [1.54, 1.807) is 6.07 Å². The number of hydrogen-bond donors (Lipinski definition) is 2. The smallest absolute Gasteiger partial charge is 0.252 e. The van der Waals surface area contributed by atoms with Gasteiger partial charge in [0.1, 0.15) is 5.82 Å². The molecule has 0 spiro atoms. The largest absolute Gasteiger partial charge is 0.369 e. The van der Waals surface area contributed by atoms with Crippen LogP contribution in [0, 0.1) is 5.82 Å². The van der Waals surface area contributed by atoms with E-state index >= 15 is 0 Å². The number of nitrogens with zero attached hydrogens (tertiary/aromatic N) is 1. The van der Waals surface area contributed by atoms with Crippen molar-refractivity contribution in [2.75, 3.05) is 41.4 Å². The predicted octanol–water partition coefficient (Wildman–Crippen LogP) is 4.44. The van der Waals surface area contributed by atoms with Gasteiger partial charge in [-0.15, -0.1) is 0 Å². The van der Waals surface area contributed by atoms with E-state index in [1.807, 2.05) is 23.9 Å². The lowest BCUT2D eigenvalue weighted by molar-refractivity contribution is -0.116. The van der Waals surface area contributed by atoms with Gasteiger partial charge in [0.25, 0.3) is 5.91 Å². The van der Waals surface area contributed by atoms with Gasteiger partial charge >= 0.3 is 0 Å². The summed E-state index contributed by atoms with van der Waals surface area (Å²) >= 11 is 14.2. The van der Waals surface area contributed by atoms with Crippen molar-refractivity contribution in [3.05, 3.63) is 57.8 Å². The lowest BCUT2D eigenvalue weighted by Gasteiger charge is -2.29. The number of nitrogens with one attached hydrogen (secondary N) is 2. The fraction of sp³-hybridized carbons (Fsp3) is 0.300. The number of carbonyl (C=O) groups excluding carboxylic acids is 2.